The summed E-state index contributed by atoms with van der Waals surface area (Å²) in [5.74, 6) is -0.0886. The fraction of sp³-hybridized carbons (Fsp3) is 0.250. The Labute approximate surface area is 98.5 Å². The molecule has 0 aliphatic heterocycles. The molecule has 1 N–H and O–H groups in total. The number of carbonyl (C=O) groups excluding carboxylic acids is 1. The average Bonchev–Trinajstić information content (AvgIpc) is 2.17. The van der Waals surface area contributed by atoms with Crippen LogP contribution in [0.1, 0.15) is 22.8 Å². The fourth-order valence-electron chi connectivity index (χ4n) is 1.15. The summed E-state index contributed by atoms with van der Waals surface area (Å²) in [6.45, 7) is 7.48. The second kappa shape index (κ2) is 5.12. The first kappa shape index (κ1) is 12.0. The minimum Gasteiger partial charge on any atom is -0.346 e. The van der Waals surface area contributed by atoms with E-state index in [0.29, 0.717) is 5.56 Å². The molecule has 0 fully saturated rings. The number of halogens is 1. The molecule has 0 heterocycles. The molecule has 80 valence electrons. The van der Waals surface area contributed by atoms with E-state index in [2.05, 4.69) is 27.8 Å². The van der Waals surface area contributed by atoms with Crippen LogP contribution >= 0.6 is 15.9 Å². The van der Waals surface area contributed by atoms with Crippen LogP contribution in [0.4, 0.5) is 0 Å². The zero-order chi connectivity index (χ0) is 11.4. The van der Waals surface area contributed by atoms with Gasteiger partial charge in [0, 0.05) is 10.5 Å². The zero-order valence-corrected chi connectivity index (χ0v) is 10.5. The standard InChI is InChI=1S/C12H14BrNO/c1-4-9(3)14-12(15)10-6-5-8(2)7-11(10)13/h4-7,9H,1H2,2-3H3,(H,14,15). The van der Waals surface area contributed by atoms with Gasteiger partial charge in [0.1, 0.15) is 0 Å². The van der Waals surface area contributed by atoms with Crippen molar-refractivity contribution in [2.75, 3.05) is 0 Å². The molecule has 0 aliphatic rings. The van der Waals surface area contributed by atoms with Gasteiger partial charge >= 0.3 is 0 Å². The summed E-state index contributed by atoms with van der Waals surface area (Å²) in [4.78, 5) is 11.8. The van der Waals surface area contributed by atoms with Crippen LogP contribution in [-0.2, 0) is 0 Å². The molecule has 1 aromatic carbocycles. The van der Waals surface area contributed by atoms with Crippen molar-refractivity contribution < 1.29 is 4.79 Å². The van der Waals surface area contributed by atoms with Crippen LogP contribution in [0.25, 0.3) is 0 Å². The first-order valence-electron chi connectivity index (χ1n) is 4.74. The van der Waals surface area contributed by atoms with E-state index in [1.54, 1.807) is 6.08 Å². The molecule has 0 saturated carbocycles. The van der Waals surface area contributed by atoms with E-state index < -0.39 is 0 Å². The Hall–Kier alpha value is -1.09. The summed E-state index contributed by atoms with van der Waals surface area (Å²) in [5, 5.41) is 2.82. The van der Waals surface area contributed by atoms with Gasteiger partial charge in [-0.2, -0.15) is 0 Å². The van der Waals surface area contributed by atoms with E-state index in [1.165, 1.54) is 0 Å². The molecule has 3 heteroatoms. The highest BCUT2D eigenvalue weighted by Crippen LogP contribution is 2.18. The second-order valence-electron chi connectivity index (χ2n) is 3.48. The third-order valence-electron chi connectivity index (χ3n) is 2.08. The number of hydrogen-bond donors (Lipinski definition) is 1. The first-order chi connectivity index (χ1) is 7.04. The van der Waals surface area contributed by atoms with Gasteiger partial charge in [-0.3, -0.25) is 4.79 Å². The van der Waals surface area contributed by atoms with Gasteiger partial charge in [0.2, 0.25) is 0 Å². The molecular formula is C12H14BrNO. The van der Waals surface area contributed by atoms with E-state index in [0.717, 1.165) is 10.0 Å². The summed E-state index contributed by atoms with van der Waals surface area (Å²) in [6.07, 6.45) is 1.69. The van der Waals surface area contributed by atoms with Crippen LogP contribution in [0.5, 0.6) is 0 Å². The van der Waals surface area contributed by atoms with Crippen LogP contribution < -0.4 is 5.32 Å². The molecule has 0 saturated heterocycles. The van der Waals surface area contributed by atoms with Crippen molar-refractivity contribution >= 4 is 21.8 Å². The van der Waals surface area contributed by atoms with Crippen molar-refractivity contribution in [1.29, 1.82) is 0 Å². The van der Waals surface area contributed by atoms with Gasteiger partial charge in [0.05, 0.1) is 5.56 Å². The number of amides is 1. The molecule has 1 atom stereocenters. The number of rotatable bonds is 3. The predicted octanol–water partition coefficient (Wildman–Crippen LogP) is 3.06. The Bertz CT molecular complexity index is 387. The lowest BCUT2D eigenvalue weighted by Gasteiger charge is -2.10. The van der Waals surface area contributed by atoms with Gasteiger partial charge in [-0.1, -0.05) is 12.1 Å². The molecule has 15 heavy (non-hydrogen) atoms. The lowest BCUT2D eigenvalue weighted by molar-refractivity contribution is 0.0946. The summed E-state index contributed by atoms with van der Waals surface area (Å²) < 4.78 is 0.816. The van der Waals surface area contributed by atoms with E-state index in [-0.39, 0.29) is 11.9 Å². The maximum Gasteiger partial charge on any atom is 0.252 e. The smallest absolute Gasteiger partial charge is 0.252 e. The van der Waals surface area contributed by atoms with Crippen molar-refractivity contribution in [3.63, 3.8) is 0 Å². The van der Waals surface area contributed by atoms with Gasteiger partial charge in [0.15, 0.2) is 0 Å². The molecule has 1 rings (SSSR count). The Morgan fingerprint density at radius 1 is 1.60 bits per heavy atom. The Morgan fingerprint density at radius 3 is 2.80 bits per heavy atom. The Balaban J connectivity index is 2.87. The minimum absolute atomic E-state index is 0.0225. The number of carbonyl (C=O) groups is 1. The first-order valence-corrected chi connectivity index (χ1v) is 5.53. The highest BCUT2D eigenvalue weighted by molar-refractivity contribution is 9.10. The molecule has 0 bridgehead atoms. The predicted molar refractivity (Wildman–Crippen MR) is 66.0 cm³/mol. The third kappa shape index (κ3) is 3.20. The van der Waals surface area contributed by atoms with Crippen LogP contribution in [0, 0.1) is 6.92 Å². The van der Waals surface area contributed by atoms with Crippen molar-refractivity contribution in [1.82, 2.24) is 5.32 Å². The molecule has 2 nitrogen and oxygen atoms in total. The third-order valence-corrected chi connectivity index (χ3v) is 2.74. The maximum absolute atomic E-state index is 11.8. The van der Waals surface area contributed by atoms with E-state index in [1.807, 2.05) is 32.0 Å². The van der Waals surface area contributed by atoms with E-state index in [4.69, 9.17) is 0 Å². The lowest BCUT2D eigenvalue weighted by atomic mass is 10.1. The molecule has 0 radical (unpaired) electrons. The van der Waals surface area contributed by atoms with Crippen LogP contribution in [-0.4, -0.2) is 11.9 Å². The normalized spacial score (nSPS) is 11.9. The van der Waals surface area contributed by atoms with Crippen molar-refractivity contribution in [2.24, 2.45) is 0 Å². The molecule has 0 aliphatic carbocycles. The van der Waals surface area contributed by atoms with Gasteiger partial charge in [-0.05, 0) is 47.5 Å². The highest BCUT2D eigenvalue weighted by Gasteiger charge is 2.10. The van der Waals surface area contributed by atoms with Gasteiger partial charge in [0.25, 0.3) is 5.91 Å². The molecule has 1 amide bonds. The fourth-order valence-corrected chi connectivity index (χ4v) is 1.82. The van der Waals surface area contributed by atoms with Crippen LogP contribution in [0.15, 0.2) is 35.3 Å². The second-order valence-corrected chi connectivity index (χ2v) is 4.34. The molecule has 1 unspecified atom stereocenters. The summed E-state index contributed by atoms with van der Waals surface area (Å²) in [6, 6.07) is 5.63. The van der Waals surface area contributed by atoms with Crippen molar-refractivity contribution in [3.8, 4) is 0 Å². The average molecular weight is 268 g/mol. The topological polar surface area (TPSA) is 29.1 Å². The van der Waals surface area contributed by atoms with E-state index >= 15 is 0 Å². The molecule has 0 aromatic heterocycles. The quantitative estimate of drug-likeness (QED) is 0.839. The van der Waals surface area contributed by atoms with E-state index in [9.17, 15) is 4.79 Å². The molecular weight excluding hydrogens is 254 g/mol. The van der Waals surface area contributed by atoms with Crippen LogP contribution in [0.2, 0.25) is 0 Å². The summed E-state index contributed by atoms with van der Waals surface area (Å²) >= 11 is 3.37. The van der Waals surface area contributed by atoms with Gasteiger partial charge < -0.3 is 5.32 Å². The molecule has 0 spiro atoms. The van der Waals surface area contributed by atoms with Gasteiger partial charge in [-0.25, -0.2) is 0 Å². The largest absolute Gasteiger partial charge is 0.346 e. The maximum atomic E-state index is 11.8. The van der Waals surface area contributed by atoms with Crippen molar-refractivity contribution in [3.05, 3.63) is 46.5 Å². The van der Waals surface area contributed by atoms with Gasteiger partial charge in [-0.15, -0.1) is 6.58 Å². The highest BCUT2D eigenvalue weighted by atomic mass is 79.9. The summed E-state index contributed by atoms with van der Waals surface area (Å²) in [7, 11) is 0. The lowest BCUT2D eigenvalue weighted by Crippen LogP contribution is -2.31. The zero-order valence-electron chi connectivity index (χ0n) is 8.88. The van der Waals surface area contributed by atoms with Crippen molar-refractivity contribution in [2.45, 2.75) is 19.9 Å². The number of hydrogen-bond acceptors (Lipinski definition) is 1. The number of aryl methyl sites for hydroxylation is 1. The summed E-state index contributed by atoms with van der Waals surface area (Å²) in [5.41, 5.74) is 1.77. The SMILES string of the molecule is C=CC(C)NC(=O)c1ccc(C)cc1Br. The number of benzene rings is 1. The monoisotopic (exact) mass is 267 g/mol. The minimum atomic E-state index is -0.0886. The Morgan fingerprint density at radius 2 is 2.27 bits per heavy atom. The Kier molecular flexibility index (Phi) is 4.09. The van der Waals surface area contributed by atoms with Crippen LogP contribution in [0.3, 0.4) is 0 Å². The molecule has 1 aromatic rings. The number of nitrogens with one attached hydrogen (secondary N) is 1.